The van der Waals surface area contributed by atoms with Gasteiger partial charge < -0.3 is 5.84 Å². The third-order valence-corrected chi connectivity index (χ3v) is 1.93. The van der Waals surface area contributed by atoms with Gasteiger partial charge in [-0.3, -0.25) is 4.79 Å². The molecule has 3 nitrogen and oxygen atoms in total. The fourth-order valence-electron chi connectivity index (χ4n) is 1.11. The molecule has 0 radical (unpaired) electrons. The molecule has 1 aromatic carbocycles. The molecule has 0 fully saturated rings. The molecule has 86 valence electrons. The molecule has 0 amide bonds. The van der Waals surface area contributed by atoms with Gasteiger partial charge in [-0.1, -0.05) is 29.8 Å². The van der Waals surface area contributed by atoms with Crippen molar-refractivity contribution in [3.8, 4) is 0 Å². The molecule has 0 spiro atoms. The lowest BCUT2D eigenvalue weighted by Crippen LogP contribution is -2.32. The van der Waals surface area contributed by atoms with E-state index in [1.54, 1.807) is 19.1 Å². The summed E-state index contributed by atoms with van der Waals surface area (Å²) in [6, 6.07) is 5.88. The number of nitrogens with two attached hydrogens (primary N) is 1. The smallest absolute Gasteiger partial charge is 0.323 e. The fraction of sp³-hybridized carbons (Fsp3) is 0.200. The molecule has 0 saturated carbocycles. The highest BCUT2D eigenvalue weighted by Gasteiger charge is 2.42. The number of carbonyl (C=O) groups excluding carboxylic acids is 1. The zero-order valence-electron chi connectivity index (χ0n) is 8.38. The first-order valence-corrected chi connectivity index (χ1v) is 4.32. The summed E-state index contributed by atoms with van der Waals surface area (Å²) in [5, 5.41) is 2.90. The highest BCUT2D eigenvalue weighted by molar-refractivity contribution is 6.47. The van der Waals surface area contributed by atoms with Gasteiger partial charge in [0.15, 0.2) is 0 Å². The molecule has 2 N–H and O–H groups in total. The Labute approximate surface area is 89.8 Å². The number of halogens is 3. The Balaban J connectivity index is 3.10. The quantitative estimate of drug-likeness (QED) is 0.478. The van der Waals surface area contributed by atoms with E-state index >= 15 is 0 Å². The lowest BCUT2D eigenvalue weighted by molar-refractivity contribution is -0.163. The van der Waals surface area contributed by atoms with Crippen LogP contribution in [0.25, 0.3) is 0 Å². The lowest BCUT2D eigenvalue weighted by atomic mass is 10.0. The summed E-state index contributed by atoms with van der Waals surface area (Å²) in [5.74, 6) is 2.76. The fourth-order valence-corrected chi connectivity index (χ4v) is 1.11. The van der Waals surface area contributed by atoms with Crippen molar-refractivity contribution in [3.63, 3.8) is 0 Å². The van der Waals surface area contributed by atoms with E-state index in [4.69, 9.17) is 5.84 Å². The number of hydrazone groups is 1. The van der Waals surface area contributed by atoms with E-state index in [9.17, 15) is 18.0 Å². The summed E-state index contributed by atoms with van der Waals surface area (Å²) in [4.78, 5) is 10.9. The number of Topliss-reactive ketones (excluding diaryl/α,β-unsaturated/α-hetero) is 1. The van der Waals surface area contributed by atoms with E-state index in [1.807, 2.05) is 0 Å². The van der Waals surface area contributed by atoms with E-state index in [0.29, 0.717) is 0 Å². The highest BCUT2D eigenvalue weighted by atomic mass is 19.4. The summed E-state index contributed by atoms with van der Waals surface area (Å²) in [5.41, 5.74) is 0.127. The third kappa shape index (κ3) is 2.59. The summed E-state index contributed by atoms with van der Waals surface area (Å²) < 4.78 is 36.5. The highest BCUT2D eigenvalue weighted by Crippen LogP contribution is 2.19. The Bertz CT molecular complexity index is 421. The summed E-state index contributed by atoms with van der Waals surface area (Å²) in [6.07, 6.45) is -4.97. The summed E-state index contributed by atoms with van der Waals surface area (Å²) >= 11 is 0. The molecule has 16 heavy (non-hydrogen) atoms. The SMILES string of the molecule is Cc1ccc(/C(=N/N)C(=O)C(F)(F)F)cc1. The van der Waals surface area contributed by atoms with E-state index in [0.717, 1.165) is 5.56 Å². The van der Waals surface area contributed by atoms with E-state index in [-0.39, 0.29) is 5.56 Å². The monoisotopic (exact) mass is 230 g/mol. The van der Waals surface area contributed by atoms with Crippen LogP contribution >= 0.6 is 0 Å². The second kappa shape index (κ2) is 4.34. The van der Waals surface area contributed by atoms with Crippen LogP contribution in [0.4, 0.5) is 13.2 Å². The van der Waals surface area contributed by atoms with Gasteiger partial charge in [0.1, 0.15) is 5.71 Å². The molecule has 6 heteroatoms. The van der Waals surface area contributed by atoms with Crippen LogP contribution in [0.5, 0.6) is 0 Å². The lowest BCUT2D eigenvalue weighted by Gasteiger charge is -2.07. The zero-order chi connectivity index (χ0) is 12.3. The predicted molar refractivity (Wildman–Crippen MR) is 53.0 cm³/mol. The summed E-state index contributed by atoms with van der Waals surface area (Å²) in [6.45, 7) is 1.77. The average Bonchev–Trinajstić information content (AvgIpc) is 2.20. The Kier molecular flexibility index (Phi) is 3.31. The molecule has 0 bridgehead atoms. The first kappa shape index (κ1) is 12.2. The summed E-state index contributed by atoms with van der Waals surface area (Å²) in [7, 11) is 0. The van der Waals surface area contributed by atoms with Crippen molar-refractivity contribution in [2.75, 3.05) is 0 Å². The Morgan fingerprint density at radius 1 is 1.25 bits per heavy atom. The van der Waals surface area contributed by atoms with Gasteiger partial charge in [0.2, 0.25) is 0 Å². The number of carbonyl (C=O) groups is 1. The Morgan fingerprint density at radius 3 is 2.12 bits per heavy atom. The Hall–Kier alpha value is -1.85. The molecule has 1 aromatic rings. The third-order valence-electron chi connectivity index (χ3n) is 1.93. The van der Waals surface area contributed by atoms with E-state index < -0.39 is 17.7 Å². The zero-order valence-corrected chi connectivity index (χ0v) is 8.38. The van der Waals surface area contributed by atoms with Gasteiger partial charge in [0, 0.05) is 5.56 Å². The number of rotatable bonds is 2. The second-order valence-electron chi connectivity index (χ2n) is 3.17. The van der Waals surface area contributed by atoms with Crippen molar-refractivity contribution < 1.29 is 18.0 Å². The second-order valence-corrected chi connectivity index (χ2v) is 3.17. The van der Waals surface area contributed by atoms with Crippen LogP contribution in [0.3, 0.4) is 0 Å². The van der Waals surface area contributed by atoms with Crippen LogP contribution in [0.15, 0.2) is 29.4 Å². The normalized spacial score (nSPS) is 12.6. The first-order valence-electron chi connectivity index (χ1n) is 4.32. The van der Waals surface area contributed by atoms with Crippen molar-refractivity contribution >= 4 is 11.5 Å². The number of benzene rings is 1. The van der Waals surface area contributed by atoms with Crippen molar-refractivity contribution in [2.24, 2.45) is 10.9 Å². The maximum atomic E-state index is 12.2. The van der Waals surface area contributed by atoms with Gasteiger partial charge in [-0.2, -0.15) is 18.3 Å². The van der Waals surface area contributed by atoms with E-state index in [1.165, 1.54) is 12.1 Å². The van der Waals surface area contributed by atoms with Crippen LogP contribution in [0, 0.1) is 6.92 Å². The molecular weight excluding hydrogens is 221 g/mol. The van der Waals surface area contributed by atoms with Crippen molar-refractivity contribution in [3.05, 3.63) is 35.4 Å². The molecule has 0 atom stereocenters. The number of aryl methyl sites for hydroxylation is 1. The van der Waals surface area contributed by atoms with Crippen molar-refractivity contribution in [1.29, 1.82) is 0 Å². The topological polar surface area (TPSA) is 55.4 Å². The molecule has 0 heterocycles. The maximum Gasteiger partial charge on any atom is 0.456 e. The standard InChI is InChI=1S/C10H9F3N2O/c1-6-2-4-7(5-3-6)8(15-14)9(16)10(11,12)13/h2-5H,14H2,1H3/b15-8-. The number of alkyl halides is 3. The number of hydrogen-bond donors (Lipinski definition) is 1. The Morgan fingerprint density at radius 2 is 1.75 bits per heavy atom. The molecule has 0 aromatic heterocycles. The molecule has 0 saturated heterocycles. The van der Waals surface area contributed by atoms with E-state index in [2.05, 4.69) is 5.10 Å². The molecule has 0 aliphatic carbocycles. The average molecular weight is 230 g/mol. The van der Waals surface area contributed by atoms with Crippen LogP contribution < -0.4 is 5.84 Å². The molecule has 0 aliphatic heterocycles. The van der Waals surface area contributed by atoms with Gasteiger partial charge in [-0.25, -0.2) is 0 Å². The minimum Gasteiger partial charge on any atom is -0.323 e. The molecule has 0 aliphatic rings. The van der Waals surface area contributed by atoms with Gasteiger partial charge in [-0.15, -0.1) is 0 Å². The van der Waals surface area contributed by atoms with Gasteiger partial charge >= 0.3 is 6.18 Å². The van der Waals surface area contributed by atoms with Crippen LogP contribution in [-0.4, -0.2) is 17.7 Å². The van der Waals surface area contributed by atoms with Crippen molar-refractivity contribution in [1.82, 2.24) is 0 Å². The molecule has 1 rings (SSSR count). The maximum absolute atomic E-state index is 12.2. The molecule has 0 unspecified atom stereocenters. The number of ketones is 1. The largest absolute Gasteiger partial charge is 0.456 e. The van der Waals surface area contributed by atoms with Crippen LogP contribution in [-0.2, 0) is 4.79 Å². The van der Waals surface area contributed by atoms with Crippen LogP contribution in [0.1, 0.15) is 11.1 Å². The number of nitrogens with zero attached hydrogens (tertiary/aromatic N) is 1. The minimum absolute atomic E-state index is 0.0513. The van der Waals surface area contributed by atoms with Gasteiger partial charge in [0.25, 0.3) is 5.78 Å². The first-order chi connectivity index (χ1) is 7.36. The van der Waals surface area contributed by atoms with Gasteiger partial charge in [-0.05, 0) is 6.92 Å². The van der Waals surface area contributed by atoms with Crippen molar-refractivity contribution in [2.45, 2.75) is 13.1 Å². The minimum atomic E-state index is -4.97. The number of hydrogen-bond acceptors (Lipinski definition) is 3. The predicted octanol–water partition coefficient (Wildman–Crippen LogP) is 1.79. The molecular formula is C10H9F3N2O. The van der Waals surface area contributed by atoms with Crippen LogP contribution in [0.2, 0.25) is 0 Å². The van der Waals surface area contributed by atoms with Gasteiger partial charge in [0.05, 0.1) is 0 Å².